The average molecular weight is 268 g/mol. The number of amides is 1. The van der Waals surface area contributed by atoms with Gasteiger partial charge in [-0.1, -0.05) is 20.3 Å². The van der Waals surface area contributed by atoms with Gasteiger partial charge in [0.2, 0.25) is 5.91 Å². The van der Waals surface area contributed by atoms with Gasteiger partial charge < -0.3 is 15.3 Å². The van der Waals surface area contributed by atoms with E-state index in [0.717, 1.165) is 19.5 Å². The highest BCUT2D eigenvalue weighted by Crippen LogP contribution is 2.36. The molecule has 2 saturated heterocycles. The molecule has 2 aliphatic rings. The highest BCUT2D eigenvalue weighted by atomic mass is 16.4. The number of hydrogen-bond donors (Lipinski definition) is 2. The molecule has 3 atom stereocenters. The summed E-state index contributed by atoms with van der Waals surface area (Å²) in [5.74, 6) is -0.247. The maximum absolute atomic E-state index is 12.5. The summed E-state index contributed by atoms with van der Waals surface area (Å²) in [7, 11) is 0. The summed E-state index contributed by atoms with van der Waals surface area (Å²) in [6.07, 6.45) is 2.09. The number of nitrogens with one attached hydrogen (secondary N) is 1. The van der Waals surface area contributed by atoms with Crippen LogP contribution in [0.4, 0.5) is 0 Å². The first kappa shape index (κ1) is 14.3. The van der Waals surface area contributed by atoms with E-state index in [1.54, 1.807) is 4.90 Å². The Balaban J connectivity index is 2.04. The van der Waals surface area contributed by atoms with Crippen LogP contribution in [0.3, 0.4) is 0 Å². The van der Waals surface area contributed by atoms with Crippen LogP contribution < -0.4 is 5.32 Å². The van der Waals surface area contributed by atoms with Crippen LogP contribution in [0.25, 0.3) is 0 Å². The van der Waals surface area contributed by atoms with Crippen molar-refractivity contribution in [3.05, 3.63) is 0 Å². The minimum atomic E-state index is -0.748. The maximum atomic E-state index is 12.5. The van der Waals surface area contributed by atoms with E-state index in [1.807, 2.05) is 6.92 Å². The van der Waals surface area contributed by atoms with E-state index in [2.05, 4.69) is 12.2 Å². The van der Waals surface area contributed by atoms with Gasteiger partial charge in [0.25, 0.3) is 0 Å². The predicted octanol–water partition coefficient (Wildman–Crippen LogP) is 0.945. The van der Waals surface area contributed by atoms with E-state index in [0.29, 0.717) is 31.8 Å². The lowest BCUT2D eigenvalue weighted by atomic mass is 9.82. The van der Waals surface area contributed by atoms with Crippen LogP contribution in [-0.4, -0.2) is 48.1 Å². The third-order valence-electron chi connectivity index (χ3n) is 4.68. The SMILES string of the molecule is CCCC1(C(=O)O)CCN(C(=O)C2CNCC2C)C1. The molecule has 2 N–H and O–H groups in total. The molecule has 5 nitrogen and oxygen atoms in total. The van der Waals surface area contributed by atoms with Gasteiger partial charge in [-0.05, 0) is 25.3 Å². The normalized spacial score (nSPS) is 34.7. The van der Waals surface area contributed by atoms with E-state index in [9.17, 15) is 14.7 Å². The van der Waals surface area contributed by atoms with E-state index in [1.165, 1.54) is 0 Å². The van der Waals surface area contributed by atoms with Crippen molar-refractivity contribution in [3.63, 3.8) is 0 Å². The molecule has 19 heavy (non-hydrogen) atoms. The molecule has 1 amide bonds. The van der Waals surface area contributed by atoms with Gasteiger partial charge in [0.05, 0.1) is 11.3 Å². The van der Waals surface area contributed by atoms with E-state index in [4.69, 9.17) is 0 Å². The first-order valence-electron chi connectivity index (χ1n) is 7.23. The van der Waals surface area contributed by atoms with Gasteiger partial charge in [-0.25, -0.2) is 0 Å². The van der Waals surface area contributed by atoms with Crippen molar-refractivity contribution >= 4 is 11.9 Å². The smallest absolute Gasteiger partial charge is 0.311 e. The summed E-state index contributed by atoms with van der Waals surface area (Å²) in [6.45, 7) is 6.66. The largest absolute Gasteiger partial charge is 0.481 e. The molecule has 108 valence electrons. The summed E-state index contributed by atoms with van der Waals surface area (Å²) in [4.78, 5) is 25.8. The van der Waals surface area contributed by atoms with E-state index < -0.39 is 11.4 Å². The maximum Gasteiger partial charge on any atom is 0.311 e. The zero-order valence-electron chi connectivity index (χ0n) is 11.8. The summed E-state index contributed by atoms with van der Waals surface area (Å²) in [5, 5.41) is 12.7. The average Bonchev–Trinajstić information content (AvgIpc) is 2.96. The van der Waals surface area contributed by atoms with Gasteiger partial charge in [0, 0.05) is 19.6 Å². The summed E-state index contributed by atoms with van der Waals surface area (Å²) < 4.78 is 0. The fraction of sp³-hybridized carbons (Fsp3) is 0.857. The Morgan fingerprint density at radius 2 is 2.16 bits per heavy atom. The molecule has 0 saturated carbocycles. The number of aliphatic carboxylic acids is 1. The Morgan fingerprint density at radius 3 is 2.68 bits per heavy atom. The molecule has 3 unspecified atom stereocenters. The van der Waals surface area contributed by atoms with Gasteiger partial charge in [0.1, 0.15) is 0 Å². The Labute approximate surface area is 114 Å². The number of nitrogens with zero attached hydrogens (tertiary/aromatic N) is 1. The molecule has 0 aromatic rings. The first-order valence-corrected chi connectivity index (χ1v) is 7.23. The summed E-state index contributed by atoms with van der Waals surface area (Å²) in [5.41, 5.74) is -0.709. The number of carboxylic acid groups (broad SMARTS) is 1. The van der Waals surface area contributed by atoms with Gasteiger partial charge in [-0.15, -0.1) is 0 Å². The molecule has 2 heterocycles. The monoisotopic (exact) mass is 268 g/mol. The molecule has 0 aromatic heterocycles. The highest BCUT2D eigenvalue weighted by Gasteiger charge is 2.47. The second-order valence-corrected chi connectivity index (χ2v) is 6.09. The lowest BCUT2D eigenvalue weighted by molar-refractivity contribution is -0.149. The molecule has 0 bridgehead atoms. The number of carbonyl (C=O) groups excluding carboxylic acids is 1. The van der Waals surface area contributed by atoms with E-state index in [-0.39, 0.29) is 11.8 Å². The van der Waals surface area contributed by atoms with Crippen LogP contribution in [-0.2, 0) is 9.59 Å². The first-order chi connectivity index (χ1) is 9.00. The Bertz CT molecular complexity index is 372. The zero-order valence-corrected chi connectivity index (χ0v) is 11.8. The fourth-order valence-corrected chi connectivity index (χ4v) is 3.40. The molecule has 0 spiro atoms. The topological polar surface area (TPSA) is 69.6 Å². The number of hydrogen-bond acceptors (Lipinski definition) is 3. The molecule has 0 aliphatic carbocycles. The molecule has 0 radical (unpaired) electrons. The van der Waals surface area contributed by atoms with Crippen LogP contribution in [0, 0.1) is 17.3 Å². The minimum absolute atomic E-state index is 0.0196. The van der Waals surface area contributed by atoms with E-state index >= 15 is 0 Å². The highest BCUT2D eigenvalue weighted by molar-refractivity contribution is 5.82. The summed E-state index contributed by atoms with van der Waals surface area (Å²) >= 11 is 0. The minimum Gasteiger partial charge on any atom is -0.481 e. The third-order valence-corrected chi connectivity index (χ3v) is 4.68. The second kappa shape index (κ2) is 5.49. The van der Waals surface area contributed by atoms with Crippen molar-refractivity contribution in [1.29, 1.82) is 0 Å². The van der Waals surface area contributed by atoms with Crippen molar-refractivity contribution in [2.24, 2.45) is 17.3 Å². The quantitative estimate of drug-likeness (QED) is 0.796. The second-order valence-electron chi connectivity index (χ2n) is 6.09. The van der Waals surface area contributed by atoms with Crippen LogP contribution in [0.15, 0.2) is 0 Å². The molecular weight excluding hydrogens is 244 g/mol. The fourth-order valence-electron chi connectivity index (χ4n) is 3.40. The molecule has 5 heteroatoms. The van der Waals surface area contributed by atoms with Crippen molar-refractivity contribution in [3.8, 4) is 0 Å². The number of rotatable bonds is 4. The molecule has 2 rings (SSSR count). The van der Waals surface area contributed by atoms with Crippen molar-refractivity contribution in [2.45, 2.75) is 33.1 Å². The lowest BCUT2D eigenvalue weighted by Crippen LogP contribution is -2.41. The van der Waals surface area contributed by atoms with Crippen LogP contribution in [0.1, 0.15) is 33.1 Å². The number of carbonyl (C=O) groups is 2. The van der Waals surface area contributed by atoms with Gasteiger partial charge in [0.15, 0.2) is 0 Å². The molecular formula is C14H24N2O3. The standard InChI is InChI=1S/C14H24N2O3/c1-3-4-14(13(18)19)5-6-16(9-14)12(17)11-8-15-7-10(11)2/h10-11,15H,3-9H2,1-2H3,(H,18,19). The predicted molar refractivity (Wildman–Crippen MR) is 71.7 cm³/mol. The Kier molecular flexibility index (Phi) is 4.13. The molecule has 2 fully saturated rings. The van der Waals surface area contributed by atoms with Crippen molar-refractivity contribution in [2.75, 3.05) is 26.2 Å². The lowest BCUT2D eigenvalue weighted by Gasteiger charge is -2.26. The van der Waals surface area contributed by atoms with Crippen LogP contribution >= 0.6 is 0 Å². The molecule has 2 aliphatic heterocycles. The third kappa shape index (κ3) is 2.61. The Morgan fingerprint density at radius 1 is 1.42 bits per heavy atom. The Hall–Kier alpha value is -1.10. The summed E-state index contributed by atoms with van der Waals surface area (Å²) in [6, 6.07) is 0. The van der Waals surface area contributed by atoms with Gasteiger partial charge >= 0.3 is 5.97 Å². The van der Waals surface area contributed by atoms with Gasteiger partial charge in [-0.3, -0.25) is 9.59 Å². The van der Waals surface area contributed by atoms with Crippen molar-refractivity contribution in [1.82, 2.24) is 10.2 Å². The zero-order chi connectivity index (χ0) is 14.0. The van der Waals surface area contributed by atoms with Gasteiger partial charge in [-0.2, -0.15) is 0 Å². The number of likely N-dealkylation sites (tertiary alicyclic amines) is 1. The number of carboxylic acids is 1. The van der Waals surface area contributed by atoms with Crippen LogP contribution in [0.2, 0.25) is 0 Å². The van der Waals surface area contributed by atoms with Crippen molar-refractivity contribution < 1.29 is 14.7 Å². The molecule has 0 aromatic carbocycles. The van der Waals surface area contributed by atoms with Crippen LogP contribution in [0.5, 0.6) is 0 Å².